The molecule has 1 aliphatic rings. The molecule has 0 saturated carbocycles. The fourth-order valence-electron chi connectivity index (χ4n) is 2.27. The summed E-state index contributed by atoms with van der Waals surface area (Å²) in [5.74, 6) is -0.175. The fraction of sp³-hybridized carbons (Fsp3) is 0.353. The smallest absolute Gasteiger partial charge is 0.306 e. The maximum atomic E-state index is 11.3. The van der Waals surface area contributed by atoms with E-state index in [1.54, 1.807) is 6.92 Å². The van der Waals surface area contributed by atoms with Gasteiger partial charge in [0.1, 0.15) is 5.60 Å². The summed E-state index contributed by atoms with van der Waals surface area (Å²) in [5.41, 5.74) is 1.02. The third kappa shape index (κ3) is 3.58. The molecule has 0 fully saturated rings. The lowest BCUT2D eigenvalue weighted by molar-refractivity contribution is -0.143. The number of hydrogen-bond donors (Lipinski definition) is 1. The van der Waals surface area contributed by atoms with Gasteiger partial charge in [0, 0.05) is 12.8 Å². The Morgan fingerprint density at radius 1 is 1.35 bits per heavy atom. The molecule has 0 spiro atoms. The predicted octanol–water partition coefficient (Wildman–Crippen LogP) is 3.10. The first kappa shape index (κ1) is 14.5. The number of hydrogen-bond acceptors (Lipinski definition) is 3. The summed E-state index contributed by atoms with van der Waals surface area (Å²) in [6, 6.07) is 9.60. The molecule has 1 N–H and O–H groups in total. The number of esters is 1. The topological polar surface area (TPSA) is 46.5 Å². The van der Waals surface area contributed by atoms with E-state index in [1.807, 2.05) is 48.6 Å². The number of carbonyl (C=O) groups excluding carboxylic acids is 1. The van der Waals surface area contributed by atoms with Gasteiger partial charge in [-0.1, -0.05) is 48.1 Å². The molecule has 20 heavy (non-hydrogen) atoms. The van der Waals surface area contributed by atoms with Crippen molar-refractivity contribution in [3.8, 4) is 0 Å². The van der Waals surface area contributed by atoms with Crippen LogP contribution in [0.5, 0.6) is 0 Å². The molecule has 1 aromatic carbocycles. The maximum Gasteiger partial charge on any atom is 0.306 e. The standard InChI is InChI=1S/C17H20O3/c1-2-20-16(18)9-8-14-10-12-17(19,13-11-14)15-6-4-3-5-7-15/h3-7,10-12,19H,2,8-9,13H2,1H3. The largest absolute Gasteiger partial charge is 0.466 e. The number of ether oxygens (including phenoxy) is 1. The highest BCUT2D eigenvalue weighted by Gasteiger charge is 2.26. The van der Waals surface area contributed by atoms with Crippen LogP contribution in [0.1, 0.15) is 31.7 Å². The molecule has 0 radical (unpaired) electrons. The van der Waals surface area contributed by atoms with Gasteiger partial charge in [0.05, 0.1) is 6.61 Å². The van der Waals surface area contributed by atoms with Crippen molar-refractivity contribution in [3.05, 3.63) is 59.7 Å². The van der Waals surface area contributed by atoms with Crippen LogP contribution in [-0.4, -0.2) is 17.7 Å². The van der Waals surface area contributed by atoms with Crippen LogP contribution in [0.4, 0.5) is 0 Å². The summed E-state index contributed by atoms with van der Waals surface area (Å²) in [4.78, 5) is 11.3. The van der Waals surface area contributed by atoms with E-state index in [0.29, 0.717) is 25.9 Å². The van der Waals surface area contributed by atoms with Gasteiger partial charge in [-0.25, -0.2) is 0 Å². The Bertz CT molecular complexity index is 516. The first-order chi connectivity index (χ1) is 9.64. The Kier molecular flexibility index (Phi) is 4.74. The Morgan fingerprint density at radius 2 is 2.10 bits per heavy atom. The zero-order chi connectivity index (χ0) is 14.4. The summed E-state index contributed by atoms with van der Waals surface area (Å²) in [6.07, 6.45) is 7.27. The molecule has 1 unspecified atom stereocenters. The Balaban J connectivity index is 1.94. The number of rotatable bonds is 5. The SMILES string of the molecule is CCOC(=O)CCC1=CCC(O)(c2ccccc2)C=C1. The van der Waals surface area contributed by atoms with Crippen molar-refractivity contribution >= 4 is 5.97 Å². The zero-order valence-electron chi connectivity index (χ0n) is 11.7. The van der Waals surface area contributed by atoms with E-state index in [1.165, 1.54) is 0 Å². The molecule has 3 nitrogen and oxygen atoms in total. The summed E-state index contributed by atoms with van der Waals surface area (Å²) < 4.78 is 4.90. The molecular weight excluding hydrogens is 252 g/mol. The average molecular weight is 272 g/mol. The van der Waals surface area contributed by atoms with Crippen molar-refractivity contribution < 1.29 is 14.6 Å². The zero-order valence-corrected chi connectivity index (χ0v) is 11.7. The van der Waals surface area contributed by atoms with Crippen LogP contribution < -0.4 is 0 Å². The normalized spacial score (nSPS) is 21.4. The molecule has 1 aromatic rings. The minimum absolute atomic E-state index is 0.175. The van der Waals surface area contributed by atoms with Gasteiger partial charge in [-0.05, 0) is 25.0 Å². The summed E-state index contributed by atoms with van der Waals surface area (Å²) >= 11 is 0. The maximum absolute atomic E-state index is 11.3. The molecule has 1 aliphatic carbocycles. The lowest BCUT2D eigenvalue weighted by Crippen LogP contribution is -2.23. The van der Waals surface area contributed by atoms with Gasteiger partial charge in [0.2, 0.25) is 0 Å². The van der Waals surface area contributed by atoms with Crippen LogP contribution in [0.2, 0.25) is 0 Å². The van der Waals surface area contributed by atoms with Gasteiger partial charge in [-0.3, -0.25) is 4.79 Å². The van der Waals surface area contributed by atoms with Crippen LogP contribution in [0.15, 0.2) is 54.1 Å². The molecule has 2 rings (SSSR count). The Labute approximate surface area is 119 Å². The van der Waals surface area contributed by atoms with Crippen molar-refractivity contribution in [2.24, 2.45) is 0 Å². The highest BCUT2D eigenvalue weighted by Crippen LogP contribution is 2.32. The second-order valence-corrected chi connectivity index (χ2v) is 4.91. The van der Waals surface area contributed by atoms with Crippen LogP contribution in [0.3, 0.4) is 0 Å². The van der Waals surface area contributed by atoms with Crippen molar-refractivity contribution in [3.63, 3.8) is 0 Å². The van der Waals surface area contributed by atoms with Gasteiger partial charge in [-0.15, -0.1) is 0 Å². The third-order valence-corrected chi connectivity index (χ3v) is 3.45. The monoisotopic (exact) mass is 272 g/mol. The van der Waals surface area contributed by atoms with Crippen LogP contribution in [-0.2, 0) is 15.1 Å². The highest BCUT2D eigenvalue weighted by molar-refractivity contribution is 5.69. The van der Waals surface area contributed by atoms with Gasteiger partial charge in [0.15, 0.2) is 0 Å². The molecular formula is C17H20O3. The van der Waals surface area contributed by atoms with Crippen molar-refractivity contribution in [2.75, 3.05) is 6.61 Å². The van der Waals surface area contributed by atoms with Crippen molar-refractivity contribution in [1.29, 1.82) is 0 Å². The molecule has 0 aromatic heterocycles. The second-order valence-electron chi connectivity index (χ2n) is 4.91. The molecule has 3 heteroatoms. The van der Waals surface area contributed by atoms with E-state index in [4.69, 9.17) is 4.74 Å². The van der Waals surface area contributed by atoms with Crippen molar-refractivity contribution in [1.82, 2.24) is 0 Å². The number of allylic oxidation sites excluding steroid dienone is 2. The average Bonchev–Trinajstić information content (AvgIpc) is 2.48. The first-order valence-electron chi connectivity index (χ1n) is 6.96. The van der Waals surface area contributed by atoms with Gasteiger partial charge < -0.3 is 9.84 Å². The minimum atomic E-state index is -0.936. The molecule has 0 amide bonds. The van der Waals surface area contributed by atoms with Gasteiger partial charge >= 0.3 is 5.97 Å². The van der Waals surface area contributed by atoms with Crippen molar-refractivity contribution in [2.45, 2.75) is 31.8 Å². The lowest BCUT2D eigenvalue weighted by atomic mass is 9.85. The molecule has 0 bridgehead atoms. The Hall–Kier alpha value is -1.87. The fourth-order valence-corrected chi connectivity index (χ4v) is 2.27. The second kappa shape index (κ2) is 6.53. The van der Waals surface area contributed by atoms with Gasteiger partial charge in [-0.2, -0.15) is 0 Å². The van der Waals surface area contributed by atoms with E-state index >= 15 is 0 Å². The Morgan fingerprint density at radius 3 is 2.70 bits per heavy atom. The number of aliphatic hydroxyl groups is 1. The summed E-state index contributed by atoms with van der Waals surface area (Å²) in [7, 11) is 0. The van der Waals surface area contributed by atoms with E-state index in [9.17, 15) is 9.90 Å². The first-order valence-corrected chi connectivity index (χ1v) is 6.96. The highest BCUT2D eigenvalue weighted by atomic mass is 16.5. The van der Waals surface area contributed by atoms with Crippen LogP contribution in [0.25, 0.3) is 0 Å². The quantitative estimate of drug-likeness (QED) is 0.838. The van der Waals surface area contributed by atoms with E-state index in [2.05, 4.69) is 0 Å². The molecule has 1 atom stereocenters. The number of carbonyl (C=O) groups is 1. The minimum Gasteiger partial charge on any atom is -0.466 e. The molecule has 0 heterocycles. The van der Waals surface area contributed by atoms with Crippen LogP contribution >= 0.6 is 0 Å². The molecule has 106 valence electrons. The van der Waals surface area contributed by atoms with Gasteiger partial charge in [0.25, 0.3) is 0 Å². The summed E-state index contributed by atoms with van der Waals surface area (Å²) in [5, 5.41) is 10.6. The van der Waals surface area contributed by atoms with E-state index < -0.39 is 5.60 Å². The van der Waals surface area contributed by atoms with E-state index in [0.717, 1.165) is 11.1 Å². The van der Waals surface area contributed by atoms with Crippen LogP contribution in [0, 0.1) is 0 Å². The lowest BCUT2D eigenvalue weighted by Gasteiger charge is -2.27. The third-order valence-electron chi connectivity index (χ3n) is 3.45. The summed E-state index contributed by atoms with van der Waals surface area (Å²) in [6.45, 7) is 2.22. The molecule has 0 aliphatic heterocycles. The number of benzene rings is 1. The predicted molar refractivity (Wildman–Crippen MR) is 78.0 cm³/mol. The van der Waals surface area contributed by atoms with E-state index in [-0.39, 0.29) is 5.97 Å². The molecule has 0 saturated heterocycles.